The Morgan fingerprint density at radius 1 is 1.58 bits per heavy atom. The maximum atomic E-state index is 11.1. The predicted molar refractivity (Wildman–Crippen MR) is 53.5 cm³/mol. The summed E-state index contributed by atoms with van der Waals surface area (Å²) in [5.74, 6) is 0.999. The molecule has 0 N–H and O–H groups in total. The van der Waals surface area contributed by atoms with E-state index in [2.05, 4.69) is 6.92 Å². The van der Waals surface area contributed by atoms with Crippen molar-refractivity contribution in [3.05, 3.63) is 0 Å². The highest BCUT2D eigenvalue weighted by Gasteiger charge is 2.27. The lowest BCUT2D eigenvalue weighted by atomic mass is 10.1. The molecule has 0 aromatic rings. The van der Waals surface area contributed by atoms with Crippen molar-refractivity contribution in [2.45, 2.75) is 38.6 Å². The SMILES string of the molecule is CCCCCC1CSC(=O)N1C. The molecule has 12 heavy (non-hydrogen) atoms. The molecule has 2 nitrogen and oxygen atoms in total. The summed E-state index contributed by atoms with van der Waals surface area (Å²) in [6.07, 6.45) is 5.00. The highest BCUT2D eigenvalue weighted by Crippen LogP contribution is 2.25. The average Bonchev–Trinajstić information content (AvgIpc) is 2.36. The first-order valence-electron chi connectivity index (χ1n) is 4.65. The van der Waals surface area contributed by atoms with Crippen molar-refractivity contribution in [1.29, 1.82) is 0 Å². The van der Waals surface area contributed by atoms with Gasteiger partial charge in [-0.1, -0.05) is 37.9 Å². The Bertz CT molecular complexity index is 161. The highest BCUT2D eigenvalue weighted by atomic mass is 32.2. The van der Waals surface area contributed by atoms with Gasteiger partial charge in [-0.2, -0.15) is 0 Å². The molecule has 1 amide bonds. The number of thioether (sulfide) groups is 1. The summed E-state index contributed by atoms with van der Waals surface area (Å²) in [6.45, 7) is 2.21. The molecular formula is C9H17NOS. The maximum Gasteiger partial charge on any atom is 0.281 e. The van der Waals surface area contributed by atoms with Crippen molar-refractivity contribution in [2.24, 2.45) is 0 Å². The normalized spacial score (nSPS) is 23.7. The highest BCUT2D eigenvalue weighted by molar-refractivity contribution is 8.13. The molecule has 0 radical (unpaired) electrons. The van der Waals surface area contributed by atoms with Crippen LogP contribution in [0.25, 0.3) is 0 Å². The third kappa shape index (κ3) is 2.41. The number of hydrogen-bond donors (Lipinski definition) is 0. The summed E-state index contributed by atoms with van der Waals surface area (Å²) in [7, 11) is 1.92. The number of amides is 1. The van der Waals surface area contributed by atoms with Crippen LogP contribution in [0.3, 0.4) is 0 Å². The summed E-state index contributed by atoms with van der Waals surface area (Å²) < 4.78 is 0. The zero-order valence-corrected chi connectivity index (χ0v) is 8.69. The minimum absolute atomic E-state index is 0.247. The molecular weight excluding hydrogens is 170 g/mol. The first-order valence-corrected chi connectivity index (χ1v) is 5.64. The van der Waals surface area contributed by atoms with E-state index in [-0.39, 0.29) is 5.24 Å². The predicted octanol–water partition coefficient (Wildman–Crippen LogP) is 2.73. The molecule has 0 aromatic heterocycles. The van der Waals surface area contributed by atoms with E-state index in [4.69, 9.17) is 0 Å². The van der Waals surface area contributed by atoms with Gasteiger partial charge in [0.2, 0.25) is 0 Å². The van der Waals surface area contributed by atoms with Crippen molar-refractivity contribution in [3.8, 4) is 0 Å². The van der Waals surface area contributed by atoms with E-state index in [1.165, 1.54) is 37.4 Å². The fraction of sp³-hybridized carbons (Fsp3) is 0.889. The molecule has 3 heteroatoms. The molecule has 1 unspecified atom stereocenters. The summed E-state index contributed by atoms with van der Waals surface area (Å²) in [4.78, 5) is 13.0. The van der Waals surface area contributed by atoms with Crippen LogP contribution in [0, 0.1) is 0 Å². The lowest BCUT2D eigenvalue weighted by Crippen LogP contribution is -2.28. The van der Waals surface area contributed by atoms with E-state index in [0.29, 0.717) is 6.04 Å². The monoisotopic (exact) mass is 187 g/mol. The quantitative estimate of drug-likeness (QED) is 0.631. The average molecular weight is 187 g/mol. The Kier molecular flexibility index (Phi) is 3.92. The summed E-state index contributed by atoms with van der Waals surface area (Å²) >= 11 is 1.46. The Morgan fingerprint density at radius 2 is 2.33 bits per heavy atom. The van der Waals surface area contributed by atoms with Gasteiger partial charge in [0.05, 0.1) is 0 Å². The van der Waals surface area contributed by atoms with Crippen LogP contribution in [0.1, 0.15) is 32.6 Å². The van der Waals surface area contributed by atoms with Gasteiger partial charge >= 0.3 is 0 Å². The van der Waals surface area contributed by atoms with E-state index >= 15 is 0 Å². The van der Waals surface area contributed by atoms with Crippen molar-refractivity contribution in [1.82, 2.24) is 4.90 Å². The van der Waals surface area contributed by atoms with Gasteiger partial charge in [-0.3, -0.25) is 4.79 Å². The molecule has 0 bridgehead atoms. The van der Waals surface area contributed by atoms with Crippen LogP contribution in [0.15, 0.2) is 0 Å². The van der Waals surface area contributed by atoms with Gasteiger partial charge in [-0.05, 0) is 6.42 Å². The number of carbonyl (C=O) groups is 1. The molecule has 1 aliphatic heterocycles. The summed E-state index contributed by atoms with van der Waals surface area (Å²) in [6, 6.07) is 0.508. The molecule has 0 spiro atoms. The van der Waals surface area contributed by atoms with Gasteiger partial charge in [0.15, 0.2) is 0 Å². The number of nitrogens with zero attached hydrogens (tertiary/aromatic N) is 1. The summed E-state index contributed by atoms with van der Waals surface area (Å²) in [5, 5.41) is 0.247. The molecule has 70 valence electrons. The van der Waals surface area contributed by atoms with Gasteiger partial charge in [0.25, 0.3) is 5.24 Å². The van der Waals surface area contributed by atoms with E-state index < -0.39 is 0 Å². The van der Waals surface area contributed by atoms with Crippen molar-refractivity contribution < 1.29 is 4.79 Å². The van der Waals surface area contributed by atoms with Gasteiger partial charge in [-0.15, -0.1) is 0 Å². The summed E-state index contributed by atoms with van der Waals surface area (Å²) in [5.41, 5.74) is 0. The van der Waals surface area contributed by atoms with Crippen LogP contribution in [-0.4, -0.2) is 29.0 Å². The fourth-order valence-electron chi connectivity index (χ4n) is 1.44. The lowest BCUT2D eigenvalue weighted by molar-refractivity contribution is 0.222. The molecule has 1 heterocycles. The largest absolute Gasteiger partial charge is 0.333 e. The molecule has 1 rings (SSSR count). The van der Waals surface area contributed by atoms with Crippen LogP contribution in [0.4, 0.5) is 4.79 Å². The first kappa shape index (κ1) is 9.90. The van der Waals surface area contributed by atoms with Crippen molar-refractivity contribution >= 4 is 17.0 Å². The second kappa shape index (κ2) is 4.75. The minimum atomic E-state index is 0.247. The fourth-order valence-corrected chi connectivity index (χ4v) is 2.52. The van der Waals surface area contributed by atoms with Gasteiger partial charge in [0, 0.05) is 18.8 Å². The first-order chi connectivity index (χ1) is 5.75. The molecule has 1 saturated heterocycles. The van der Waals surface area contributed by atoms with E-state index in [1.807, 2.05) is 11.9 Å². The van der Waals surface area contributed by atoms with E-state index in [1.54, 1.807) is 0 Å². The van der Waals surface area contributed by atoms with E-state index in [0.717, 1.165) is 5.75 Å². The number of hydrogen-bond acceptors (Lipinski definition) is 2. The number of unbranched alkanes of at least 4 members (excludes halogenated alkanes) is 2. The zero-order chi connectivity index (χ0) is 8.97. The van der Waals surface area contributed by atoms with Crippen molar-refractivity contribution in [2.75, 3.05) is 12.8 Å². The Morgan fingerprint density at radius 3 is 2.83 bits per heavy atom. The van der Waals surface area contributed by atoms with Gasteiger partial charge < -0.3 is 4.90 Å². The molecule has 0 saturated carbocycles. The van der Waals surface area contributed by atoms with Crippen LogP contribution in [-0.2, 0) is 0 Å². The van der Waals surface area contributed by atoms with Crippen LogP contribution in [0.5, 0.6) is 0 Å². The van der Waals surface area contributed by atoms with E-state index in [9.17, 15) is 4.79 Å². The topological polar surface area (TPSA) is 20.3 Å². The Hall–Kier alpha value is -0.180. The number of rotatable bonds is 4. The van der Waals surface area contributed by atoms with Gasteiger partial charge in [0.1, 0.15) is 0 Å². The molecule has 1 atom stereocenters. The Balaban J connectivity index is 2.20. The van der Waals surface area contributed by atoms with Crippen LogP contribution in [0.2, 0.25) is 0 Å². The second-order valence-corrected chi connectivity index (χ2v) is 4.31. The maximum absolute atomic E-state index is 11.1. The molecule has 1 aliphatic rings. The standard InChI is InChI=1S/C9H17NOS/c1-3-4-5-6-8-7-12-9(11)10(8)2/h8H,3-7H2,1-2H3. The van der Waals surface area contributed by atoms with Crippen LogP contribution >= 0.6 is 11.8 Å². The zero-order valence-electron chi connectivity index (χ0n) is 7.88. The molecule has 0 aromatic carbocycles. The minimum Gasteiger partial charge on any atom is -0.333 e. The smallest absolute Gasteiger partial charge is 0.281 e. The third-order valence-electron chi connectivity index (χ3n) is 2.38. The molecule has 1 fully saturated rings. The van der Waals surface area contributed by atoms with Crippen LogP contribution < -0.4 is 0 Å². The molecule has 0 aliphatic carbocycles. The van der Waals surface area contributed by atoms with Crippen molar-refractivity contribution in [3.63, 3.8) is 0 Å². The van der Waals surface area contributed by atoms with Gasteiger partial charge in [-0.25, -0.2) is 0 Å². The number of carbonyl (C=O) groups excluding carboxylic acids is 1. The Labute approximate surface area is 78.7 Å². The second-order valence-electron chi connectivity index (χ2n) is 3.34. The third-order valence-corrected chi connectivity index (χ3v) is 3.46. The lowest BCUT2D eigenvalue weighted by Gasteiger charge is -2.17.